The molecular weight excluding hydrogens is 395 g/mol. The van der Waals surface area contributed by atoms with Crippen LogP contribution in [0, 0.1) is 0 Å². The Balaban J connectivity index is 1.94. The van der Waals surface area contributed by atoms with Gasteiger partial charge in [0.05, 0.1) is 0 Å². The van der Waals surface area contributed by atoms with E-state index in [1.807, 2.05) is 0 Å². The second kappa shape index (κ2) is 10.0. The Morgan fingerprint density at radius 3 is 1.39 bits per heavy atom. The van der Waals surface area contributed by atoms with Gasteiger partial charge in [0, 0.05) is 0 Å². The van der Waals surface area contributed by atoms with Crippen LogP contribution in [0.5, 0.6) is 0 Å². The zero-order chi connectivity index (χ0) is 22.3. The first-order valence-corrected chi connectivity index (χ1v) is 11.3. The van der Waals surface area contributed by atoms with E-state index in [2.05, 4.69) is 153 Å². The van der Waals surface area contributed by atoms with Crippen LogP contribution in [-0.4, -0.2) is 7.28 Å². The van der Waals surface area contributed by atoms with Crippen LogP contribution in [0.4, 0.5) is 0 Å². The Labute approximate surface area is 197 Å². The van der Waals surface area contributed by atoms with Crippen molar-refractivity contribution in [2.24, 2.45) is 0 Å². The number of hydrogen-bond donors (Lipinski definition) is 0. The molecule has 0 N–H and O–H groups in total. The Kier molecular flexibility index (Phi) is 6.31. The summed E-state index contributed by atoms with van der Waals surface area (Å²) in [6.07, 6.45) is 6.49. The quantitative estimate of drug-likeness (QED) is 0.295. The predicted octanol–water partition coefficient (Wildman–Crippen LogP) is 7.95. The van der Waals surface area contributed by atoms with Crippen LogP contribution >= 0.6 is 0 Å². The van der Waals surface area contributed by atoms with Crippen LogP contribution < -0.4 is 0 Å². The highest BCUT2D eigenvalue weighted by atomic mass is 14.2. The van der Waals surface area contributed by atoms with Crippen molar-refractivity contribution in [1.29, 1.82) is 0 Å². The minimum atomic E-state index is 1.20. The fraction of sp³-hybridized carbons (Fsp3) is 0. The summed E-state index contributed by atoms with van der Waals surface area (Å²) in [4.78, 5) is 0. The first-order chi connectivity index (χ1) is 16.4. The molecule has 5 rings (SSSR count). The van der Waals surface area contributed by atoms with E-state index in [1.165, 1.54) is 44.4 Å². The smallest absolute Gasteiger partial charge is 0.116 e. The highest BCUT2D eigenvalue weighted by molar-refractivity contribution is 6.69. The molecule has 0 bridgehead atoms. The molecule has 1 aliphatic rings. The van der Waals surface area contributed by atoms with Gasteiger partial charge in [-0.1, -0.05) is 145 Å². The molecule has 0 fully saturated rings. The van der Waals surface area contributed by atoms with Crippen LogP contribution in [0.1, 0.15) is 22.3 Å². The summed E-state index contributed by atoms with van der Waals surface area (Å²) >= 11 is 0. The van der Waals surface area contributed by atoms with Crippen molar-refractivity contribution in [3.63, 3.8) is 0 Å². The molecular formula is C32H24B. The zero-order valence-electron chi connectivity index (χ0n) is 18.4. The van der Waals surface area contributed by atoms with Gasteiger partial charge in [0.2, 0.25) is 0 Å². The first-order valence-electron chi connectivity index (χ1n) is 11.3. The monoisotopic (exact) mass is 419 g/mol. The third kappa shape index (κ3) is 4.59. The molecule has 0 aliphatic carbocycles. The van der Waals surface area contributed by atoms with Crippen molar-refractivity contribution in [1.82, 2.24) is 0 Å². The van der Waals surface area contributed by atoms with Crippen molar-refractivity contribution in [2.75, 3.05) is 0 Å². The summed E-state index contributed by atoms with van der Waals surface area (Å²) in [6.45, 7) is 0. The lowest BCUT2D eigenvalue weighted by Gasteiger charge is -2.22. The minimum Gasteiger partial charge on any atom is -0.116 e. The molecule has 0 saturated carbocycles. The lowest BCUT2D eigenvalue weighted by molar-refractivity contribution is 1.56. The molecule has 4 aromatic carbocycles. The molecule has 4 aromatic rings. The van der Waals surface area contributed by atoms with E-state index in [-0.39, 0.29) is 0 Å². The Morgan fingerprint density at radius 2 is 0.848 bits per heavy atom. The number of rotatable bonds is 4. The minimum absolute atomic E-state index is 1.20. The van der Waals surface area contributed by atoms with Crippen LogP contribution in [0.3, 0.4) is 0 Å². The van der Waals surface area contributed by atoms with E-state index in [9.17, 15) is 0 Å². The molecule has 0 atom stereocenters. The van der Waals surface area contributed by atoms with Gasteiger partial charge in [-0.25, -0.2) is 0 Å². The van der Waals surface area contributed by atoms with Gasteiger partial charge < -0.3 is 0 Å². The van der Waals surface area contributed by atoms with Crippen molar-refractivity contribution in [2.45, 2.75) is 0 Å². The zero-order valence-corrected chi connectivity index (χ0v) is 18.4. The fourth-order valence-corrected chi connectivity index (χ4v) is 4.33. The molecule has 1 heteroatoms. The van der Waals surface area contributed by atoms with E-state index in [0.29, 0.717) is 0 Å². The molecule has 33 heavy (non-hydrogen) atoms. The van der Waals surface area contributed by atoms with Gasteiger partial charge in [-0.15, -0.1) is 5.98 Å². The molecule has 0 amide bonds. The van der Waals surface area contributed by atoms with Crippen LogP contribution in [0.25, 0.3) is 22.2 Å². The maximum Gasteiger partial charge on any atom is 0.182 e. The molecule has 0 spiro atoms. The molecule has 155 valence electrons. The average Bonchev–Trinajstić information content (AvgIpc) is 3.00. The molecule has 0 nitrogen and oxygen atoms in total. The Hall–Kier alpha value is -4.10. The van der Waals surface area contributed by atoms with Crippen LogP contribution in [-0.2, 0) is 0 Å². The summed E-state index contributed by atoms with van der Waals surface area (Å²) in [5, 5.41) is 0. The maximum atomic E-state index is 2.24. The van der Waals surface area contributed by atoms with Crippen molar-refractivity contribution in [3.05, 3.63) is 168 Å². The van der Waals surface area contributed by atoms with Gasteiger partial charge in [0.25, 0.3) is 0 Å². The Bertz CT molecular complexity index is 1330. The largest absolute Gasteiger partial charge is 0.182 e. The molecule has 1 radical (unpaired) electrons. The van der Waals surface area contributed by atoms with E-state index in [1.54, 1.807) is 0 Å². The van der Waals surface area contributed by atoms with Gasteiger partial charge in [-0.3, -0.25) is 0 Å². The van der Waals surface area contributed by atoms with Crippen molar-refractivity contribution >= 4 is 29.5 Å². The third-order valence-electron chi connectivity index (χ3n) is 5.83. The van der Waals surface area contributed by atoms with E-state index in [4.69, 9.17) is 0 Å². The summed E-state index contributed by atoms with van der Waals surface area (Å²) in [7, 11) is 2.24. The highest BCUT2D eigenvalue weighted by Gasteiger charge is 2.21. The maximum absolute atomic E-state index is 2.24. The second-order valence-electron chi connectivity index (χ2n) is 7.95. The van der Waals surface area contributed by atoms with Gasteiger partial charge in [-0.05, 0) is 39.0 Å². The SMILES string of the molecule is [B]1C=CC=CC(c2ccccc2)=C(c2ccccc2)C(c2ccccc2)=C1c1ccccc1. The summed E-state index contributed by atoms with van der Waals surface area (Å²) in [6, 6.07) is 42.8. The van der Waals surface area contributed by atoms with E-state index < -0.39 is 0 Å². The normalized spacial score (nSPS) is 13.8. The topological polar surface area (TPSA) is 0 Å². The Morgan fingerprint density at radius 1 is 0.394 bits per heavy atom. The fourth-order valence-electron chi connectivity index (χ4n) is 4.33. The first kappa shape index (κ1) is 20.8. The van der Waals surface area contributed by atoms with Gasteiger partial charge in [0.15, 0.2) is 7.28 Å². The van der Waals surface area contributed by atoms with Crippen LogP contribution in [0.2, 0.25) is 0 Å². The molecule has 0 unspecified atom stereocenters. The number of benzene rings is 4. The van der Waals surface area contributed by atoms with E-state index >= 15 is 0 Å². The molecule has 1 heterocycles. The number of allylic oxidation sites excluding steroid dienone is 6. The number of hydrogen-bond acceptors (Lipinski definition) is 0. The van der Waals surface area contributed by atoms with Crippen molar-refractivity contribution < 1.29 is 0 Å². The second-order valence-corrected chi connectivity index (χ2v) is 7.95. The van der Waals surface area contributed by atoms with E-state index in [0.717, 1.165) is 0 Å². The van der Waals surface area contributed by atoms with Gasteiger partial charge >= 0.3 is 0 Å². The summed E-state index contributed by atoms with van der Waals surface area (Å²) in [5.41, 5.74) is 9.65. The standard InChI is InChI=1S/C32H24B/c1-5-15-25(16-6-1)29-23-13-14-24-33-32(28-21-11-4-12-22-28)31(27-19-9-3-10-20-27)30(29)26-17-7-2-8-18-26/h1-24H. The van der Waals surface area contributed by atoms with Crippen molar-refractivity contribution in [3.8, 4) is 0 Å². The lowest BCUT2D eigenvalue weighted by Crippen LogP contribution is -2.03. The molecule has 0 saturated heterocycles. The highest BCUT2D eigenvalue weighted by Crippen LogP contribution is 2.42. The lowest BCUT2D eigenvalue weighted by atomic mass is 9.62. The van der Waals surface area contributed by atoms with Gasteiger partial charge in [0.1, 0.15) is 0 Å². The third-order valence-corrected chi connectivity index (χ3v) is 5.83. The van der Waals surface area contributed by atoms with Crippen LogP contribution in [0.15, 0.2) is 146 Å². The average molecular weight is 419 g/mol. The molecule has 1 aliphatic heterocycles. The summed E-state index contributed by atoms with van der Waals surface area (Å²) < 4.78 is 0. The van der Waals surface area contributed by atoms with Gasteiger partial charge in [-0.2, -0.15) is 0 Å². The summed E-state index contributed by atoms with van der Waals surface area (Å²) in [5.74, 6) is 2.14. The predicted molar refractivity (Wildman–Crippen MR) is 143 cm³/mol. The molecule has 0 aromatic heterocycles.